The fourth-order valence-corrected chi connectivity index (χ4v) is 4.71. The molecule has 1 N–H and O–H groups in total. The van der Waals surface area contributed by atoms with Gasteiger partial charge in [0.2, 0.25) is 5.91 Å². The van der Waals surface area contributed by atoms with Gasteiger partial charge in [-0.2, -0.15) is 13.2 Å². The van der Waals surface area contributed by atoms with E-state index in [4.69, 9.17) is 0 Å². The Balaban J connectivity index is 1.37. The lowest BCUT2D eigenvalue weighted by molar-refractivity contribution is -0.141. The Morgan fingerprint density at radius 2 is 1.94 bits per heavy atom. The molecule has 1 aromatic carbocycles. The number of halogens is 3. The van der Waals surface area contributed by atoms with Crippen molar-refractivity contribution in [2.45, 2.75) is 32.0 Å². The minimum Gasteiger partial charge on any atom is -0.345 e. The number of nitrogens with zero attached hydrogens (tertiary/aromatic N) is 5. The fourth-order valence-electron chi connectivity index (χ4n) is 4.71. The summed E-state index contributed by atoms with van der Waals surface area (Å²) in [5, 5.41) is 0. The molecule has 0 radical (unpaired) electrons. The van der Waals surface area contributed by atoms with E-state index in [1.807, 2.05) is 25.1 Å². The molecular formula is C23H19F3N6O. The van der Waals surface area contributed by atoms with Gasteiger partial charge in [-0.05, 0) is 61.1 Å². The van der Waals surface area contributed by atoms with Crippen molar-refractivity contribution < 1.29 is 18.0 Å². The molecule has 2 fully saturated rings. The number of alkyl halides is 3. The second-order valence-corrected chi connectivity index (χ2v) is 8.68. The number of aromatic nitrogens is 5. The van der Waals surface area contributed by atoms with E-state index in [-0.39, 0.29) is 17.9 Å². The highest BCUT2D eigenvalue weighted by molar-refractivity contribution is 6.04. The number of pyridine rings is 1. The highest BCUT2D eigenvalue weighted by Gasteiger charge is 2.55. The third kappa shape index (κ3) is 3.20. The van der Waals surface area contributed by atoms with Crippen LogP contribution in [0.3, 0.4) is 0 Å². The Bertz CT molecular complexity index is 1390. The van der Waals surface area contributed by atoms with Crippen molar-refractivity contribution in [1.82, 2.24) is 24.5 Å². The Hall–Kier alpha value is -3.69. The average Bonchev–Trinajstić information content (AvgIpc) is 3.25. The van der Waals surface area contributed by atoms with Crippen molar-refractivity contribution in [1.29, 1.82) is 0 Å². The summed E-state index contributed by atoms with van der Waals surface area (Å²) in [6.07, 6.45) is 2.86. The maximum atomic E-state index is 13.2. The van der Waals surface area contributed by atoms with Crippen molar-refractivity contribution >= 4 is 22.6 Å². The van der Waals surface area contributed by atoms with Crippen LogP contribution in [-0.4, -0.2) is 30.4 Å². The quantitative estimate of drug-likeness (QED) is 0.460. The summed E-state index contributed by atoms with van der Waals surface area (Å²) in [7, 11) is 0. The Morgan fingerprint density at radius 1 is 1.12 bits per heavy atom. The molecule has 1 saturated carbocycles. The number of hydrogen-bond donors (Lipinski definition) is 1. The molecule has 1 aliphatic heterocycles. The van der Waals surface area contributed by atoms with Gasteiger partial charge in [0, 0.05) is 18.1 Å². The highest BCUT2D eigenvalue weighted by Crippen LogP contribution is 2.54. The number of rotatable bonds is 4. The van der Waals surface area contributed by atoms with E-state index in [1.165, 1.54) is 4.57 Å². The number of nitrogens with one attached hydrogen (secondary N) is 1. The number of fused-ring (bicyclic) bond motifs is 1. The maximum absolute atomic E-state index is 13.2. The van der Waals surface area contributed by atoms with E-state index >= 15 is 0 Å². The van der Waals surface area contributed by atoms with Gasteiger partial charge in [-0.1, -0.05) is 0 Å². The molecule has 2 aliphatic rings. The lowest BCUT2D eigenvalue weighted by atomic mass is 9.78. The van der Waals surface area contributed by atoms with Gasteiger partial charge in [0.25, 0.3) is 0 Å². The summed E-state index contributed by atoms with van der Waals surface area (Å²) in [5.41, 5.74) is 3.23. The first-order valence-electron chi connectivity index (χ1n) is 10.7. The van der Waals surface area contributed by atoms with E-state index < -0.39 is 11.9 Å². The molecule has 4 heterocycles. The number of imidazole rings is 2. The lowest BCUT2D eigenvalue weighted by Crippen LogP contribution is -2.56. The molecule has 168 valence electrons. The van der Waals surface area contributed by atoms with Crippen LogP contribution in [0.15, 0.2) is 49.3 Å². The molecule has 1 amide bonds. The van der Waals surface area contributed by atoms with Crippen LogP contribution >= 0.6 is 0 Å². The van der Waals surface area contributed by atoms with Gasteiger partial charge in [-0.3, -0.25) is 9.36 Å². The molecule has 3 aromatic heterocycles. The van der Waals surface area contributed by atoms with Gasteiger partial charge >= 0.3 is 6.18 Å². The largest absolute Gasteiger partial charge is 0.434 e. The molecule has 7 nitrogen and oxygen atoms in total. The summed E-state index contributed by atoms with van der Waals surface area (Å²) in [6, 6.07) is 7.25. The lowest BCUT2D eigenvalue weighted by Gasteiger charge is -2.48. The highest BCUT2D eigenvalue weighted by atomic mass is 19.4. The van der Waals surface area contributed by atoms with Gasteiger partial charge in [-0.25, -0.2) is 15.0 Å². The van der Waals surface area contributed by atoms with Gasteiger partial charge in [0.1, 0.15) is 12.1 Å². The van der Waals surface area contributed by atoms with Crippen molar-refractivity contribution in [3.05, 3.63) is 66.1 Å². The molecule has 10 heteroatoms. The Labute approximate surface area is 186 Å². The first-order valence-corrected chi connectivity index (χ1v) is 10.7. The number of hydrogen-bond acceptors (Lipinski definition) is 4. The summed E-state index contributed by atoms with van der Waals surface area (Å²) >= 11 is 0. The zero-order chi connectivity index (χ0) is 22.9. The predicted molar refractivity (Wildman–Crippen MR) is 114 cm³/mol. The number of H-pyrrole nitrogens is 1. The second-order valence-electron chi connectivity index (χ2n) is 8.68. The smallest absolute Gasteiger partial charge is 0.345 e. The van der Waals surface area contributed by atoms with Crippen LogP contribution in [0.25, 0.3) is 16.9 Å². The van der Waals surface area contributed by atoms with Gasteiger partial charge in [0.15, 0.2) is 5.69 Å². The molecule has 33 heavy (non-hydrogen) atoms. The third-order valence-corrected chi connectivity index (χ3v) is 6.55. The minimum atomic E-state index is -4.51. The number of anilines is 1. The van der Waals surface area contributed by atoms with Gasteiger partial charge < -0.3 is 9.88 Å². The van der Waals surface area contributed by atoms with E-state index in [0.29, 0.717) is 11.7 Å². The summed E-state index contributed by atoms with van der Waals surface area (Å²) < 4.78 is 40.0. The molecule has 6 rings (SSSR count). The number of carbonyl (C=O) groups is 1. The summed E-state index contributed by atoms with van der Waals surface area (Å²) in [4.78, 5) is 30.2. The molecule has 0 bridgehead atoms. The number of carbonyl (C=O) groups excluding carboxylic acids is 1. The molecule has 0 spiro atoms. The fraction of sp³-hybridized carbons (Fsp3) is 0.304. The van der Waals surface area contributed by atoms with Crippen molar-refractivity contribution in [3.8, 4) is 5.82 Å². The Morgan fingerprint density at radius 3 is 2.64 bits per heavy atom. The van der Waals surface area contributed by atoms with Gasteiger partial charge in [-0.15, -0.1) is 0 Å². The predicted octanol–water partition coefficient (Wildman–Crippen LogP) is 4.58. The van der Waals surface area contributed by atoms with E-state index in [1.54, 1.807) is 23.5 Å². The molecule has 1 aliphatic carbocycles. The van der Waals surface area contributed by atoms with Crippen molar-refractivity contribution in [2.24, 2.45) is 11.8 Å². The first kappa shape index (κ1) is 20.0. The van der Waals surface area contributed by atoms with Crippen molar-refractivity contribution in [3.63, 3.8) is 0 Å². The molecular weight excluding hydrogens is 433 g/mol. The van der Waals surface area contributed by atoms with Crippen LogP contribution in [0.5, 0.6) is 0 Å². The zero-order valence-electron chi connectivity index (χ0n) is 17.5. The number of aromatic amines is 1. The summed E-state index contributed by atoms with van der Waals surface area (Å²) in [6.45, 7) is 1.89. The molecule has 4 aromatic rings. The minimum absolute atomic E-state index is 0.0882. The topological polar surface area (TPSA) is 79.7 Å². The van der Waals surface area contributed by atoms with E-state index in [2.05, 4.69) is 19.9 Å². The third-order valence-electron chi connectivity index (χ3n) is 6.55. The van der Waals surface area contributed by atoms with E-state index in [0.717, 1.165) is 53.2 Å². The number of aryl methyl sites for hydroxylation is 1. The monoisotopic (exact) mass is 452 g/mol. The van der Waals surface area contributed by atoms with E-state index in [9.17, 15) is 18.0 Å². The van der Waals surface area contributed by atoms with Crippen LogP contribution in [-0.2, 0) is 11.0 Å². The molecule has 2 atom stereocenters. The van der Waals surface area contributed by atoms with Crippen LogP contribution in [0, 0.1) is 18.8 Å². The molecule has 0 unspecified atom stereocenters. The first-order chi connectivity index (χ1) is 15.8. The van der Waals surface area contributed by atoms with Crippen LogP contribution in [0.2, 0.25) is 0 Å². The second kappa shape index (κ2) is 6.90. The average molecular weight is 452 g/mol. The van der Waals surface area contributed by atoms with Crippen LogP contribution in [0.1, 0.15) is 35.7 Å². The SMILES string of the molecule is Cc1cc(-n2cnc(C(F)(F)F)c2)ncc1[C@H]1[C@@H](C2CC2)C(=O)N1c1ccc2[nH]cnc2c1. The van der Waals surface area contributed by atoms with Crippen LogP contribution in [0.4, 0.5) is 18.9 Å². The normalized spacial score (nSPS) is 21.0. The summed E-state index contributed by atoms with van der Waals surface area (Å²) in [5.74, 6) is 0.675. The Kier molecular flexibility index (Phi) is 4.17. The number of benzene rings is 1. The standard InChI is InChI=1S/C23H19F3N6O/c1-12-6-19(31-9-18(30-11-31)23(24,25)26)27-8-15(12)21-20(13-2-3-13)22(33)32(21)14-4-5-16-17(7-14)29-10-28-16/h4-11,13,20-21H,2-3H2,1H3,(H,28,29)/t20-,21+/m1/s1. The molecule has 1 saturated heterocycles. The number of amides is 1. The van der Waals surface area contributed by atoms with Crippen molar-refractivity contribution in [2.75, 3.05) is 4.90 Å². The number of β-lactam (4-membered cyclic amide) rings is 1. The van der Waals surface area contributed by atoms with Crippen LogP contribution < -0.4 is 4.90 Å². The van der Waals surface area contributed by atoms with Gasteiger partial charge in [0.05, 0.1) is 29.3 Å². The maximum Gasteiger partial charge on any atom is 0.434 e. The zero-order valence-corrected chi connectivity index (χ0v) is 17.5.